The van der Waals surface area contributed by atoms with E-state index in [1.807, 2.05) is 13.0 Å². The van der Waals surface area contributed by atoms with Crippen LogP contribution in [0, 0.1) is 18.3 Å². The average Bonchev–Trinajstić information content (AvgIpc) is 2.44. The molecule has 100 valence electrons. The molecule has 20 heavy (non-hydrogen) atoms. The lowest BCUT2D eigenvalue weighted by atomic mass is 10.1. The normalized spacial score (nSPS) is 9.90. The van der Waals surface area contributed by atoms with Gasteiger partial charge in [-0.25, -0.2) is 0 Å². The van der Waals surface area contributed by atoms with Crippen LogP contribution in [-0.2, 0) is 0 Å². The van der Waals surface area contributed by atoms with Crippen molar-refractivity contribution in [2.24, 2.45) is 0 Å². The van der Waals surface area contributed by atoms with Gasteiger partial charge < -0.3 is 5.32 Å². The zero-order chi connectivity index (χ0) is 14.7. The Morgan fingerprint density at radius 2 is 1.90 bits per heavy atom. The highest BCUT2D eigenvalue weighted by Gasteiger charge is 2.10. The number of nitrogens with zero attached hydrogens (tertiary/aromatic N) is 1. The zero-order valence-corrected chi connectivity index (χ0v) is 12.1. The molecule has 0 heterocycles. The van der Waals surface area contributed by atoms with Crippen molar-refractivity contribution in [2.75, 3.05) is 5.32 Å². The van der Waals surface area contributed by atoms with Crippen LogP contribution in [0.15, 0.2) is 36.4 Å². The lowest BCUT2D eigenvalue weighted by Gasteiger charge is -2.08. The number of hydrogen-bond donors (Lipinski definition) is 1. The van der Waals surface area contributed by atoms with E-state index in [2.05, 4.69) is 5.32 Å². The molecule has 0 bridgehead atoms. The Kier molecular flexibility index (Phi) is 4.29. The third-order valence-corrected chi connectivity index (χ3v) is 3.51. The number of nitrogens with one attached hydrogen (secondary N) is 1. The van der Waals surface area contributed by atoms with Crippen LogP contribution in [-0.4, -0.2) is 5.91 Å². The zero-order valence-electron chi connectivity index (χ0n) is 10.6. The van der Waals surface area contributed by atoms with E-state index >= 15 is 0 Å². The first-order chi connectivity index (χ1) is 9.51. The molecule has 0 fully saturated rings. The average molecular weight is 305 g/mol. The van der Waals surface area contributed by atoms with E-state index in [-0.39, 0.29) is 5.91 Å². The lowest BCUT2D eigenvalue weighted by molar-refractivity contribution is 0.102. The van der Waals surface area contributed by atoms with Gasteiger partial charge in [-0.2, -0.15) is 5.26 Å². The van der Waals surface area contributed by atoms with Crippen LogP contribution in [0.2, 0.25) is 10.0 Å². The fourth-order valence-electron chi connectivity index (χ4n) is 1.62. The van der Waals surface area contributed by atoms with Gasteiger partial charge >= 0.3 is 0 Å². The molecule has 1 N–H and O–H groups in total. The van der Waals surface area contributed by atoms with Crippen molar-refractivity contribution in [1.82, 2.24) is 0 Å². The van der Waals surface area contributed by atoms with Gasteiger partial charge in [-0.15, -0.1) is 0 Å². The molecule has 0 aromatic heterocycles. The summed E-state index contributed by atoms with van der Waals surface area (Å²) in [5.41, 5.74) is 2.14. The van der Waals surface area contributed by atoms with Gasteiger partial charge in [0.1, 0.15) is 0 Å². The third-order valence-electron chi connectivity index (χ3n) is 2.78. The lowest BCUT2D eigenvalue weighted by Crippen LogP contribution is -2.12. The molecule has 0 saturated carbocycles. The van der Waals surface area contributed by atoms with Gasteiger partial charge in [-0.3, -0.25) is 4.79 Å². The van der Waals surface area contributed by atoms with Crippen molar-refractivity contribution in [3.8, 4) is 6.07 Å². The van der Waals surface area contributed by atoms with E-state index in [0.29, 0.717) is 26.9 Å². The van der Waals surface area contributed by atoms with Crippen molar-refractivity contribution in [2.45, 2.75) is 6.92 Å². The van der Waals surface area contributed by atoms with Crippen LogP contribution in [0.5, 0.6) is 0 Å². The number of carbonyl (C=O) groups is 1. The minimum atomic E-state index is -0.330. The Hall–Kier alpha value is -2.02. The van der Waals surface area contributed by atoms with Gasteiger partial charge in [-0.1, -0.05) is 29.3 Å². The predicted octanol–water partition coefficient (Wildman–Crippen LogP) is 4.43. The first-order valence-electron chi connectivity index (χ1n) is 5.78. The van der Waals surface area contributed by atoms with E-state index < -0.39 is 0 Å². The molecule has 0 unspecified atom stereocenters. The van der Waals surface area contributed by atoms with Crippen molar-refractivity contribution in [1.29, 1.82) is 5.26 Å². The molecule has 2 rings (SSSR count). The Morgan fingerprint density at radius 1 is 1.15 bits per heavy atom. The molecule has 2 aromatic rings. The molecule has 5 heteroatoms. The predicted molar refractivity (Wildman–Crippen MR) is 80.3 cm³/mol. The Labute approximate surface area is 126 Å². The van der Waals surface area contributed by atoms with Crippen molar-refractivity contribution in [3.63, 3.8) is 0 Å². The fourth-order valence-corrected chi connectivity index (χ4v) is 1.96. The second kappa shape index (κ2) is 5.96. The molecular formula is C15H10Cl2N2O. The molecule has 0 aliphatic carbocycles. The summed E-state index contributed by atoms with van der Waals surface area (Å²) in [5, 5.41) is 12.4. The summed E-state index contributed by atoms with van der Waals surface area (Å²) in [5.74, 6) is -0.330. The molecule has 0 aliphatic heterocycles. The maximum absolute atomic E-state index is 12.1. The molecule has 0 spiro atoms. The molecule has 2 aromatic carbocycles. The maximum atomic E-state index is 12.1. The number of nitriles is 1. The van der Waals surface area contributed by atoms with Crippen LogP contribution >= 0.6 is 23.2 Å². The minimum absolute atomic E-state index is 0.330. The topological polar surface area (TPSA) is 52.9 Å². The van der Waals surface area contributed by atoms with E-state index in [9.17, 15) is 4.79 Å². The summed E-state index contributed by atoms with van der Waals surface area (Å²) in [6, 6.07) is 11.7. The van der Waals surface area contributed by atoms with Gasteiger partial charge in [-0.05, 0) is 42.8 Å². The molecular weight excluding hydrogens is 295 g/mol. The molecule has 0 saturated heterocycles. The number of hydrogen-bond acceptors (Lipinski definition) is 2. The highest BCUT2D eigenvalue weighted by atomic mass is 35.5. The summed E-state index contributed by atoms with van der Waals surface area (Å²) in [6.45, 7) is 1.86. The number of benzene rings is 2. The second-order valence-corrected chi connectivity index (χ2v) is 5.04. The van der Waals surface area contributed by atoms with E-state index in [1.165, 1.54) is 6.07 Å². The molecule has 3 nitrogen and oxygen atoms in total. The van der Waals surface area contributed by atoms with Crippen molar-refractivity contribution in [3.05, 3.63) is 63.1 Å². The first-order valence-corrected chi connectivity index (χ1v) is 6.54. The van der Waals surface area contributed by atoms with Crippen molar-refractivity contribution >= 4 is 34.8 Å². The smallest absolute Gasteiger partial charge is 0.255 e. The van der Waals surface area contributed by atoms with Crippen LogP contribution in [0.1, 0.15) is 21.5 Å². The molecule has 1 amide bonds. The largest absolute Gasteiger partial charge is 0.321 e. The van der Waals surface area contributed by atoms with E-state index in [0.717, 1.165) is 5.56 Å². The van der Waals surface area contributed by atoms with Crippen LogP contribution in [0.3, 0.4) is 0 Å². The van der Waals surface area contributed by atoms with Gasteiger partial charge in [0.25, 0.3) is 5.91 Å². The Morgan fingerprint density at radius 3 is 2.55 bits per heavy atom. The van der Waals surface area contributed by atoms with Crippen LogP contribution in [0.25, 0.3) is 0 Å². The minimum Gasteiger partial charge on any atom is -0.321 e. The second-order valence-electron chi connectivity index (χ2n) is 4.22. The maximum Gasteiger partial charge on any atom is 0.255 e. The van der Waals surface area contributed by atoms with E-state index in [4.69, 9.17) is 28.5 Å². The quantitative estimate of drug-likeness (QED) is 0.892. The van der Waals surface area contributed by atoms with E-state index in [1.54, 1.807) is 30.3 Å². The van der Waals surface area contributed by atoms with Gasteiger partial charge in [0.2, 0.25) is 0 Å². The highest BCUT2D eigenvalue weighted by Crippen LogP contribution is 2.24. The van der Waals surface area contributed by atoms with Gasteiger partial charge in [0.15, 0.2) is 0 Å². The van der Waals surface area contributed by atoms with Crippen LogP contribution < -0.4 is 5.32 Å². The Balaban J connectivity index is 2.28. The SMILES string of the molecule is Cc1ccc(C(=O)Nc2cc(C#N)ccc2Cl)cc1Cl. The molecule has 0 radical (unpaired) electrons. The molecule has 0 atom stereocenters. The standard InChI is InChI=1S/C15H10Cl2N2O/c1-9-2-4-11(7-13(9)17)15(20)19-14-6-10(8-18)3-5-12(14)16/h2-7H,1H3,(H,19,20). The summed E-state index contributed by atoms with van der Waals surface area (Å²) in [6.07, 6.45) is 0. The van der Waals surface area contributed by atoms with Gasteiger partial charge in [0, 0.05) is 10.6 Å². The number of carbonyl (C=O) groups excluding carboxylic acids is 1. The summed E-state index contributed by atoms with van der Waals surface area (Å²) in [7, 11) is 0. The number of halogens is 2. The third kappa shape index (κ3) is 3.11. The summed E-state index contributed by atoms with van der Waals surface area (Å²) >= 11 is 12.0. The Bertz CT molecular complexity index is 720. The highest BCUT2D eigenvalue weighted by molar-refractivity contribution is 6.34. The van der Waals surface area contributed by atoms with Crippen molar-refractivity contribution < 1.29 is 4.79 Å². The van der Waals surface area contributed by atoms with Gasteiger partial charge in [0.05, 0.1) is 22.3 Å². The molecule has 0 aliphatic rings. The first kappa shape index (κ1) is 14.4. The van der Waals surface area contributed by atoms with Crippen LogP contribution in [0.4, 0.5) is 5.69 Å². The number of amides is 1. The number of aryl methyl sites for hydroxylation is 1. The summed E-state index contributed by atoms with van der Waals surface area (Å²) in [4.78, 5) is 12.1. The summed E-state index contributed by atoms with van der Waals surface area (Å²) < 4.78 is 0. The number of rotatable bonds is 2. The fraction of sp³-hybridized carbons (Fsp3) is 0.0667. The number of anilines is 1. The monoisotopic (exact) mass is 304 g/mol.